The van der Waals surface area contributed by atoms with E-state index >= 15 is 0 Å². The van der Waals surface area contributed by atoms with Crippen LogP contribution in [-0.4, -0.2) is 59.9 Å². The molecule has 1 fully saturated rings. The number of tetrazole rings is 1. The molecule has 0 radical (unpaired) electrons. The van der Waals surface area contributed by atoms with Gasteiger partial charge in [-0.05, 0) is 60.0 Å². The minimum absolute atomic E-state index is 0.154. The maximum atomic E-state index is 13.4. The van der Waals surface area contributed by atoms with Crippen LogP contribution in [0.1, 0.15) is 25.3 Å². The number of rotatable bonds is 8. The summed E-state index contributed by atoms with van der Waals surface area (Å²) in [5.41, 5.74) is 2.87. The van der Waals surface area contributed by atoms with Crippen molar-refractivity contribution in [1.82, 2.24) is 34.2 Å². The quantitative estimate of drug-likeness (QED) is 0.431. The highest BCUT2D eigenvalue weighted by molar-refractivity contribution is 5.78. The van der Waals surface area contributed by atoms with E-state index in [2.05, 4.69) is 31.3 Å². The van der Waals surface area contributed by atoms with Crippen molar-refractivity contribution in [3.05, 3.63) is 70.4 Å². The van der Waals surface area contributed by atoms with E-state index in [1.54, 1.807) is 0 Å². The molecule has 0 amide bonds. The van der Waals surface area contributed by atoms with Crippen molar-refractivity contribution in [2.45, 2.75) is 45.4 Å². The van der Waals surface area contributed by atoms with Gasteiger partial charge in [-0.25, -0.2) is 14.2 Å². The fourth-order valence-electron chi connectivity index (χ4n) is 4.48. The summed E-state index contributed by atoms with van der Waals surface area (Å²) in [5.74, 6) is 0.607. The Hall–Kier alpha value is -3.53. The van der Waals surface area contributed by atoms with Gasteiger partial charge >= 0.3 is 5.69 Å². The Labute approximate surface area is 196 Å². The maximum Gasteiger partial charge on any atom is 0.363 e. The fraction of sp³-hybridized carbons (Fsp3) is 0.417. The van der Waals surface area contributed by atoms with Crippen LogP contribution in [0.3, 0.4) is 0 Å². The maximum absolute atomic E-state index is 13.4. The molecule has 3 heterocycles. The van der Waals surface area contributed by atoms with E-state index in [0.29, 0.717) is 25.7 Å². The van der Waals surface area contributed by atoms with Crippen LogP contribution in [0.5, 0.6) is 0 Å². The normalized spacial score (nSPS) is 15.2. The Bertz CT molecular complexity index is 1300. The van der Waals surface area contributed by atoms with Crippen molar-refractivity contribution in [3.8, 4) is 0 Å². The zero-order valence-corrected chi connectivity index (χ0v) is 19.3. The Morgan fingerprint density at radius 2 is 1.74 bits per heavy atom. The van der Waals surface area contributed by atoms with Gasteiger partial charge in [0.1, 0.15) is 5.82 Å². The number of fused-ring (bicyclic) bond motifs is 1. The highest BCUT2D eigenvalue weighted by atomic mass is 19.1. The number of benzene rings is 2. The number of hydrogen-bond acceptors (Lipinski definition) is 6. The first-order valence-corrected chi connectivity index (χ1v) is 11.8. The van der Waals surface area contributed by atoms with Crippen LogP contribution in [0.2, 0.25) is 0 Å². The number of aromatic nitrogens is 6. The van der Waals surface area contributed by atoms with E-state index in [9.17, 15) is 9.18 Å². The number of nitrogens with zero attached hydrogens (tertiary/aromatic N) is 7. The standard InChI is InChI=1S/C24H29FN8O/c1-2-32-24(34)33(29-28-32)16-15-30-13-11-20(12-14-30)26-23-27-21-5-3-4-6-22(21)31(23)17-18-7-9-19(25)10-8-18/h3-10,20H,2,11-17H2,1H3,(H,26,27). The van der Waals surface area contributed by atoms with Gasteiger partial charge in [0.15, 0.2) is 0 Å². The van der Waals surface area contributed by atoms with Crippen molar-refractivity contribution < 1.29 is 4.39 Å². The van der Waals surface area contributed by atoms with Crippen LogP contribution in [0.4, 0.5) is 10.3 Å². The molecule has 1 aliphatic heterocycles. The van der Waals surface area contributed by atoms with Gasteiger partial charge in [-0.2, -0.15) is 9.36 Å². The van der Waals surface area contributed by atoms with E-state index in [4.69, 9.17) is 4.98 Å². The molecule has 0 saturated carbocycles. The molecule has 9 nitrogen and oxygen atoms in total. The number of halogens is 1. The number of anilines is 1. The first-order valence-electron chi connectivity index (χ1n) is 11.8. The van der Waals surface area contributed by atoms with Crippen molar-refractivity contribution in [2.75, 3.05) is 25.0 Å². The van der Waals surface area contributed by atoms with Crippen LogP contribution >= 0.6 is 0 Å². The van der Waals surface area contributed by atoms with Gasteiger partial charge < -0.3 is 14.8 Å². The van der Waals surface area contributed by atoms with Crippen molar-refractivity contribution in [3.63, 3.8) is 0 Å². The fourth-order valence-corrected chi connectivity index (χ4v) is 4.48. The van der Waals surface area contributed by atoms with Gasteiger partial charge in [0, 0.05) is 32.2 Å². The van der Waals surface area contributed by atoms with Crippen LogP contribution in [-0.2, 0) is 19.6 Å². The number of hydrogen-bond donors (Lipinski definition) is 1. The van der Waals surface area contributed by atoms with E-state index in [1.807, 2.05) is 37.3 Å². The number of piperidine rings is 1. The van der Waals surface area contributed by atoms with Crippen LogP contribution in [0.25, 0.3) is 11.0 Å². The lowest BCUT2D eigenvalue weighted by Crippen LogP contribution is -2.41. The molecule has 1 aliphatic rings. The van der Waals surface area contributed by atoms with Crippen LogP contribution < -0.4 is 11.0 Å². The van der Waals surface area contributed by atoms with Gasteiger partial charge in [0.25, 0.3) is 0 Å². The monoisotopic (exact) mass is 464 g/mol. The molecule has 5 rings (SSSR count). The van der Waals surface area contributed by atoms with E-state index in [1.165, 1.54) is 21.5 Å². The molecule has 34 heavy (non-hydrogen) atoms. The Balaban J connectivity index is 1.23. The SMILES string of the molecule is CCn1nnn(CCN2CCC(Nc3nc4ccccc4n3Cc3ccc(F)cc3)CC2)c1=O. The minimum Gasteiger partial charge on any atom is -0.353 e. The van der Waals surface area contributed by atoms with E-state index in [-0.39, 0.29) is 11.5 Å². The molecule has 0 atom stereocenters. The smallest absolute Gasteiger partial charge is 0.353 e. The molecule has 1 N–H and O–H groups in total. The number of para-hydroxylation sites is 2. The molecule has 10 heteroatoms. The van der Waals surface area contributed by atoms with Crippen molar-refractivity contribution >= 4 is 17.0 Å². The highest BCUT2D eigenvalue weighted by Gasteiger charge is 2.22. The lowest BCUT2D eigenvalue weighted by atomic mass is 10.1. The summed E-state index contributed by atoms with van der Waals surface area (Å²) in [6.45, 7) is 6.23. The summed E-state index contributed by atoms with van der Waals surface area (Å²) >= 11 is 0. The number of aryl methyl sites for hydroxylation is 1. The molecular formula is C24H29FN8O. The second kappa shape index (κ2) is 9.76. The lowest BCUT2D eigenvalue weighted by molar-refractivity contribution is 0.207. The summed E-state index contributed by atoms with van der Waals surface area (Å²) in [6, 6.07) is 15.0. The average Bonchev–Trinajstić information content (AvgIpc) is 3.39. The number of imidazole rings is 1. The van der Waals surface area contributed by atoms with Gasteiger partial charge in [-0.1, -0.05) is 24.3 Å². The summed E-state index contributed by atoms with van der Waals surface area (Å²) in [5, 5.41) is 11.5. The number of likely N-dealkylation sites (tertiary alicyclic amines) is 1. The van der Waals surface area contributed by atoms with Gasteiger partial charge in [-0.3, -0.25) is 0 Å². The Kier molecular flexibility index (Phi) is 6.39. The van der Waals surface area contributed by atoms with Crippen LogP contribution in [0.15, 0.2) is 53.3 Å². The van der Waals surface area contributed by atoms with Gasteiger partial charge in [-0.15, -0.1) is 0 Å². The molecular weight excluding hydrogens is 435 g/mol. The van der Waals surface area contributed by atoms with E-state index < -0.39 is 0 Å². The zero-order valence-electron chi connectivity index (χ0n) is 19.3. The van der Waals surface area contributed by atoms with Crippen molar-refractivity contribution in [2.24, 2.45) is 0 Å². The average molecular weight is 465 g/mol. The molecule has 2 aromatic heterocycles. The van der Waals surface area contributed by atoms with Crippen LogP contribution in [0, 0.1) is 5.82 Å². The summed E-state index contributed by atoms with van der Waals surface area (Å²) in [6.07, 6.45) is 1.96. The predicted molar refractivity (Wildman–Crippen MR) is 128 cm³/mol. The largest absolute Gasteiger partial charge is 0.363 e. The van der Waals surface area contributed by atoms with Gasteiger partial charge in [0.05, 0.1) is 24.1 Å². The highest BCUT2D eigenvalue weighted by Crippen LogP contribution is 2.24. The molecule has 0 bridgehead atoms. The second-order valence-electron chi connectivity index (χ2n) is 8.70. The van der Waals surface area contributed by atoms with E-state index in [0.717, 1.165) is 55.0 Å². The first kappa shape index (κ1) is 22.3. The third kappa shape index (κ3) is 4.72. The lowest BCUT2D eigenvalue weighted by Gasteiger charge is -2.32. The summed E-state index contributed by atoms with van der Waals surface area (Å²) in [7, 11) is 0. The molecule has 0 spiro atoms. The predicted octanol–water partition coefficient (Wildman–Crippen LogP) is 2.57. The summed E-state index contributed by atoms with van der Waals surface area (Å²) < 4.78 is 18.3. The third-order valence-electron chi connectivity index (χ3n) is 6.45. The summed E-state index contributed by atoms with van der Waals surface area (Å²) in [4.78, 5) is 19.3. The van der Waals surface area contributed by atoms with Crippen molar-refractivity contribution in [1.29, 1.82) is 0 Å². The molecule has 178 valence electrons. The molecule has 4 aromatic rings. The minimum atomic E-state index is -0.232. The topological polar surface area (TPSA) is 85.8 Å². The molecule has 1 saturated heterocycles. The Morgan fingerprint density at radius 1 is 1.00 bits per heavy atom. The Morgan fingerprint density at radius 3 is 2.47 bits per heavy atom. The van der Waals surface area contributed by atoms with Gasteiger partial charge in [0.2, 0.25) is 5.95 Å². The third-order valence-corrected chi connectivity index (χ3v) is 6.45. The molecule has 2 aromatic carbocycles. The second-order valence-corrected chi connectivity index (χ2v) is 8.70. The first-order chi connectivity index (χ1) is 16.6. The molecule has 0 aliphatic carbocycles. The number of nitrogens with one attached hydrogen (secondary N) is 1. The molecule has 0 unspecified atom stereocenters. The zero-order chi connectivity index (χ0) is 23.5.